The summed E-state index contributed by atoms with van der Waals surface area (Å²) in [5.41, 5.74) is 2.23. The highest BCUT2D eigenvalue weighted by molar-refractivity contribution is 7.99. The van der Waals surface area contributed by atoms with Crippen molar-refractivity contribution in [2.75, 3.05) is 31.2 Å². The van der Waals surface area contributed by atoms with Gasteiger partial charge in [-0.15, -0.1) is 10.2 Å². The number of para-hydroxylation sites is 1. The molecule has 1 aliphatic rings. The van der Waals surface area contributed by atoms with Gasteiger partial charge in [0.05, 0.1) is 24.2 Å². The smallest absolute Gasteiger partial charge is 0.239 e. The van der Waals surface area contributed by atoms with Gasteiger partial charge in [-0.2, -0.15) is 4.98 Å². The summed E-state index contributed by atoms with van der Waals surface area (Å²) in [6, 6.07) is 8.25. The maximum absolute atomic E-state index is 5.49. The van der Waals surface area contributed by atoms with Crippen LogP contribution in [-0.2, 0) is 4.74 Å². The van der Waals surface area contributed by atoms with Gasteiger partial charge in [0, 0.05) is 13.1 Å². The van der Waals surface area contributed by atoms with Crippen LogP contribution in [0.1, 0.15) is 29.5 Å². The summed E-state index contributed by atoms with van der Waals surface area (Å²) in [5.74, 6) is 2.06. The van der Waals surface area contributed by atoms with Crippen LogP contribution in [0.15, 0.2) is 33.9 Å². The summed E-state index contributed by atoms with van der Waals surface area (Å²) in [7, 11) is 0. The van der Waals surface area contributed by atoms with E-state index in [1.54, 1.807) is 11.8 Å². The summed E-state index contributed by atoms with van der Waals surface area (Å²) >= 11 is 1.56. The molecule has 9 heteroatoms. The number of aromatic nitrogens is 5. The lowest BCUT2D eigenvalue weighted by Crippen LogP contribution is -2.38. The van der Waals surface area contributed by atoms with Gasteiger partial charge < -0.3 is 14.2 Å². The number of thioether (sulfide) groups is 1. The van der Waals surface area contributed by atoms with E-state index in [-0.39, 0.29) is 5.25 Å². The van der Waals surface area contributed by atoms with Gasteiger partial charge in [-0.05, 0) is 32.4 Å². The predicted molar refractivity (Wildman–Crippen MR) is 102 cm³/mol. The third-order valence-electron chi connectivity index (χ3n) is 4.44. The van der Waals surface area contributed by atoms with Crippen molar-refractivity contribution in [3.63, 3.8) is 0 Å². The normalized spacial score (nSPS) is 15.9. The number of rotatable bonds is 5. The van der Waals surface area contributed by atoms with Gasteiger partial charge in [-0.3, -0.25) is 4.57 Å². The van der Waals surface area contributed by atoms with E-state index in [1.165, 1.54) is 0 Å². The first kappa shape index (κ1) is 18.0. The van der Waals surface area contributed by atoms with Crippen LogP contribution in [0.4, 0.5) is 5.95 Å². The first-order chi connectivity index (χ1) is 13.1. The van der Waals surface area contributed by atoms with Crippen molar-refractivity contribution >= 4 is 17.7 Å². The van der Waals surface area contributed by atoms with E-state index in [2.05, 4.69) is 48.9 Å². The molecule has 0 bridgehead atoms. The molecule has 8 nitrogen and oxygen atoms in total. The van der Waals surface area contributed by atoms with Gasteiger partial charge in [0.1, 0.15) is 0 Å². The van der Waals surface area contributed by atoms with Gasteiger partial charge in [-0.1, -0.05) is 35.1 Å². The fraction of sp³-hybridized carbons (Fsp3) is 0.444. The number of ether oxygens (including phenoxy) is 1. The van der Waals surface area contributed by atoms with E-state index in [9.17, 15) is 0 Å². The second-order valence-corrected chi connectivity index (χ2v) is 7.75. The second-order valence-electron chi connectivity index (χ2n) is 6.44. The number of anilines is 1. The topological polar surface area (TPSA) is 82.1 Å². The van der Waals surface area contributed by atoms with Crippen LogP contribution in [0.3, 0.4) is 0 Å². The third-order valence-corrected chi connectivity index (χ3v) is 5.47. The molecular weight excluding hydrogens is 364 g/mol. The van der Waals surface area contributed by atoms with Crippen molar-refractivity contribution in [3.8, 4) is 5.69 Å². The average molecular weight is 386 g/mol. The van der Waals surface area contributed by atoms with E-state index in [1.807, 2.05) is 26.0 Å². The molecule has 3 aromatic rings. The van der Waals surface area contributed by atoms with Crippen LogP contribution in [0.5, 0.6) is 0 Å². The molecule has 1 saturated heterocycles. The highest BCUT2D eigenvalue weighted by Gasteiger charge is 2.25. The van der Waals surface area contributed by atoms with E-state index in [0.717, 1.165) is 35.4 Å². The summed E-state index contributed by atoms with van der Waals surface area (Å²) in [6.45, 7) is 8.93. The number of hydrogen-bond donors (Lipinski definition) is 0. The Kier molecular flexibility index (Phi) is 5.13. The van der Waals surface area contributed by atoms with E-state index < -0.39 is 0 Å². The molecule has 0 N–H and O–H groups in total. The highest BCUT2D eigenvalue weighted by Crippen LogP contribution is 2.36. The lowest BCUT2D eigenvalue weighted by atomic mass is 10.2. The monoisotopic (exact) mass is 386 g/mol. The van der Waals surface area contributed by atoms with Crippen molar-refractivity contribution < 1.29 is 9.26 Å². The molecule has 2 aromatic heterocycles. The van der Waals surface area contributed by atoms with E-state index in [4.69, 9.17) is 9.26 Å². The molecule has 0 saturated carbocycles. The molecule has 27 heavy (non-hydrogen) atoms. The molecule has 1 aromatic carbocycles. The molecule has 1 atom stereocenters. The molecule has 4 rings (SSSR count). The number of morpholine rings is 1. The minimum absolute atomic E-state index is 0.0318. The third kappa shape index (κ3) is 3.70. The van der Waals surface area contributed by atoms with Crippen LogP contribution in [-0.4, -0.2) is 51.2 Å². The van der Waals surface area contributed by atoms with Crippen molar-refractivity contribution in [2.45, 2.75) is 31.2 Å². The van der Waals surface area contributed by atoms with Crippen molar-refractivity contribution in [3.05, 3.63) is 41.5 Å². The molecular formula is C18H22N6O2S. The maximum Gasteiger partial charge on any atom is 0.239 e. The van der Waals surface area contributed by atoms with Crippen LogP contribution in [0, 0.1) is 13.8 Å². The van der Waals surface area contributed by atoms with Crippen LogP contribution in [0.2, 0.25) is 0 Å². The molecule has 1 unspecified atom stereocenters. The van der Waals surface area contributed by atoms with Crippen molar-refractivity contribution in [1.82, 2.24) is 24.9 Å². The maximum atomic E-state index is 5.49. The molecule has 0 aliphatic carbocycles. The average Bonchev–Trinajstić information content (AvgIpc) is 3.29. The van der Waals surface area contributed by atoms with Crippen LogP contribution in [0.25, 0.3) is 5.69 Å². The molecule has 1 fully saturated rings. The number of hydrogen-bond acceptors (Lipinski definition) is 8. The van der Waals surface area contributed by atoms with E-state index >= 15 is 0 Å². The molecule has 0 spiro atoms. The molecule has 0 amide bonds. The Labute approximate surface area is 161 Å². The zero-order valence-electron chi connectivity index (χ0n) is 15.6. The molecule has 0 radical (unpaired) electrons. The number of benzene rings is 1. The first-order valence-electron chi connectivity index (χ1n) is 8.94. The van der Waals surface area contributed by atoms with Gasteiger partial charge in [0.15, 0.2) is 11.0 Å². The Morgan fingerprint density at radius 3 is 2.59 bits per heavy atom. The molecule has 3 heterocycles. The van der Waals surface area contributed by atoms with Crippen LogP contribution < -0.4 is 4.90 Å². The lowest BCUT2D eigenvalue weighted by Gasteiger charge is -2.28. The summed E-state index contributed by atoms with van der Waals surface area (Å²) in [4.78, 5) is 6.56. The number of aryl methyl sites for hydroxylation is 2. The standard InChI is InChI=1S/C18H22N6O2S/c1-12-6-4-5-7-15(12)24-17(23-8-10-25-11-9-23)20-21-18(24)27-13(2)16-19-14(3)22-26-16/h4-7,13H,8-11H2,1-3H3. The largest absolute Gasteiger partial charge is 0.378 e. The predicted octanol–water partition coefficient (Wildman–Crippen LogP) is 2.96. The van der Waals surface area contributed by atoms with E-state index in [0.29, 0.717) is 24.9 Å². The first-order valence-corrected chi connectivity index (χ1v) is 9.82. The Morgan fingerprint density at radius 1 is 1.11 bits per heavy atom. The molecule has 1 aliphatic heterocycles. The minimum Gasteiger partial charge on any atom is -0.378 e. The Hall–Kier alpha value is -2.39. The Morgan fingerprint density at radius 2 is 1.89 bits per heavy atom. The van der Waals surface area contributed by atoms with Gasteiger partial charge >= 0.3 is 0 Å². The Bertz CT molecular complexity index is 918. The lowest BCUT2D eigenvalue weighted by molar-refractivity contribution is 0.122. The van der Waals surface area contributed by atoms with Crippen LogP contribution >= 0.6 is 11.8 Å². The van der Waals surface area contributed by atoms with Gasteiger partial charge in [0.25, 0.3) is 0 Å². The fourth-order valence-corrected chi connectivity index (χ4v) is 3.90. The van der Waals surface area contributed by atoms with Crippen molar-refractivity contribution in [1.29, 1.82) is 0 Å². The zero-order valence-corrected chi connectivity index (χ0v) is 16.4. The molecule has 142 valence electrons. The fourth-order valence-electron chi connectivity index (χ4n) is 3.02. The zero-order chi connectivity index (χ0) is 18.8. The van der Waals surface area contributed by atoms with Crippen molar-refractivity contribution in [2.24, 2.45) is 0 Å². The van der Waals surface area contributed by atoms with Gasteiger partial charge in [0.2, 0.25) is 11.8 Å². The summed E-state index contributed by atoms with van der Waals surface area (Å²) in [6.07, 6.45) is 0. The van der Waals surface area contributed by atoms with Gasteiger partial charge in [-0.25, -0.2) is 0 Å². The number of nitrogens with zero attached hydrogens (tertiary/aromatic N) is 6. The second kappa shape index (κ2) is 7.69. The SMILES string of the molecule is Cc1noc(C(C)Sc2nnc(N3CCOCC3)n2-c2ccccc2C)n1. The summed E-state index contributed by atoms with van der Waals surface area (Å²) < 4.78 is 12.9. The Balaban J connectivity index is 1.72. The summed E-state index contributed by atoms with van der Waals surface area (Å²) in [5, 5.41) is 13.6. The minimum atomic E-state index is -0.0318. The quantitative estimate of drug-likeness (QED) is 0.619. The highest BCUT2D eigenvalue weighted by atomic mass is 32.2.